The van der Waals surface area contributed by atoms with Gasteiger partial charge in [-0.15, -0.1) is 0 Å². The van der Waals surface area contributed by atoms with Crippen molar-refractivity contribution in [2.75, 3.05) is 31.1 Å². The number of halogens is 1. The molecule has 0 saturated carbocycles. The predicted molar refractivity (Wildman–Crippen MR) is 112 cm³/mol. The number of hydrogen-bond donors (Lipinski definition) is 1. The molecule has 1 heterocycles. The second kappa shape index (κ2) is 10.9. The van der Waals surface area contributed by atoms with E-state index in [4.69, 9.17) is 4.74 Å². The topological polar surface area (TPSA) is 53.0 Å². The normalized spacial score (nSPS) is 15.3. The van der Waals surface area contributed by atoms with Crippen molar-refractivity contribution in [2.45, 2.75) is 38.4 Å². The molecule has 1 fully saturated rings. The minimum Gasteiger partial charge on any atom is -0.465 e. The van der Waals surface area contributed by atoms with Crippen LogP contribution in [0.25, 0.3) is 0 Å². The highest BCUT2D eigenvalue weighted by Crippen LogP contribution is 2.18. The highest BCUT2D eigenvalue weighted by molar-refractivity contribution is 5.85. The molecule has 2 aromatic carbocycles. The first-order valence-electron chi connectivity index (χ1n) is 10.3. The maximum atomic E-state index is 13.0. The van der Waals surface area contributed by atoms with Gasteiger partial charge in [0, 0.05) is 25.3 Å². The number of amides is 1. The summed E-state index contributed by atoms with van der Waals surface area (Å²) in [7, 11) is 0. The summed E-state index contributed by atoms with van der Waals surface area (Å²) >= 11 is 0. The summed E-state index contributed by atoms with van der Waals surface area (Å²) in [6, 6.07) is 15.8. The predicted octanol–water partition coefficient (Wildman–Crippen LogP) is 4.77. The van der Waals surface area contributed by atoms with Gasteiger partial charge in [-0.05, 0) is 62.1 Å². The third-order valence-corrected chi connectivity index (χ3v) is 5.34. The van der Waals surface area contributed by atoms with E-state index < -0.39 is 6.09 Å². The molecule has 0 aliphatic carbocycles. The molecule has 1 N–H and O–H groups in total. The van der Waals surface area contributed by atoms with E-state index in [1.165, 1.54) is 34.7 Å². The molecule has 1 amide bonds. The van der Waals surface area contributed by atoms with Crippen molar-refractivity contribution in [1.29, 1.82) is 0 Å². The van der Waals surface area contributed by atoms with E-state index in [9.17, 15) is 14.3 Å². The van der Waals surface area contributed by atoms with Gasteiger partial charge in [0.25, 0.3) is 0 Å². The molecule has 156 valence electrons. The number of carboxylic acid groups (broad SMARTS) is 1. The van der Waals surface area contributed by atoms with Gasteiger partial charge in [0.2, 0.25) is 0 Å². The zero-order chi connectivity index (χ0) is 20.5. The molecule has 0 radical (unpaired) electrons. The maximum Gasteiger partial charge on any atom is 0.411 e. The quantitative estimate of drug-likeness (QED) is 0.616. The molecule has 1 saturated heterocycles. The van der Waals surface area contributed by atoms with Gasteiger partial charge >= 0.3 is 6.09 Å². The summed E-state index contributed by atoms with van der Waals surface area (Å²) < 4.78 is 19.1. The van der Waals surface area contributed by atoms with E-state index in [2.05, 4.69) is 17.0 Å². The second-order valence-electron chi connectivity index (χ2n) is 7.46. The second-order valence-corrected chi connectivity index (χ2v) is 7.46. The van der Waals surface area contributed by atoms with Crippen molar-refractivity contribution in [3.8, 4) is 0 Å². The van der Waals surface area contributed by atoms with Crippen molar-refractivity contribution < 1.29 is 19.0 Å². The summed E-state index contributed by atoms with van der Waals surface area (Å²) in [5.74, 6) is -0.366. The van der Waals surface area contributed by atoms with Crippen LogP contribution in [0, 0.1) is 5.82 Å². The third-order valence-electron chi connectivity index (χ3n) is 5.34. The number of benzene rings is 2. The molecule has 0 spiro atoms. The Kier molecular flexibility index (Phi) is 8.02. The van der Waals surface area contributed by atoms with Crippen molar-refractivity contribution in [1.82, 2.24) is 4.90 Å². The van der Waals surface area contributed by atoms with Gasteiger partial charge in [-0.1, -0.05) is 30.3 Å². The molecule has 29 heavy (non-hydrogen) atoms. The monoisotopic (exact) mass is 400 g/mol. The lowest BCUT2D eigenvalue weighted by Crippen LogP contribution is -2.38. The largest absolute Gasteiger partial charge is 0.465 e. The fourth-order valence-corrected chi connectivity index (χ4v) is 3.65. The number of hydrogen-bond acceptors (Lipinski definition) is 3. The highest BCUT2D eigenvalue weighted by atomic mass is 19.1. The molecular weight excluding hydrogens is 371 g/mol. The molecule has 0 aromatic heterocycles. The fraction of sp³-hybridized carbons (Fsp3) is 0.435. The third kappa shape index (κ3) is 6.84. The molecule has 3 rings (SSSR count). The van der Waals surface area contributed by atoms with Crippen LogP contribution in [0.1, 0.15) is 31.2 Å². The number of anilines is 1. The lowest BCUT2D eigenvalue weighted by Gasteiger charge is -2.32. The zero-order valence-corrected chi connectivity index (χ0v) is 16.7. The first kappa shape index (κ1) is 21.3. The van der Waals surface area contributed by atoms with Crippen LogP contribution in [0.15, 0.2) is 54.6 Å². The van der Waals surface area contributed by atoms with E-state index in [0.29, 0.717) is 24.9 Å². The number of rotatable bonds is 9. The zero-order valence-electron chi connectivity index (χ0n) is 16.7. The Morgan fingerprint density at radius 3 is 2.41 bits per heavy atom. The van der Waals surface area contributed by atoms with Crippen LogP contribution in [-0.2, 0) is 11.3 Å². The summed E-state index contributed by atoms with van der Waals surface area (Å²) in [6.45, 7) is 4.07. The average Bonchev–Trinajstić information content (AvgIpc) is 2.74. The molecule has 0 unspecified atom stereocenters. The fourth-order valence-electron chi connectivity index (χ4n) is 3.65. The first-order chi connectivity index (χ1) is 14.1. The summed E-state index contributed by atoms with van der Waals surface area (Å²) in [5, 5.41) is 9.41. The Labute approximate surface area is 171 Å². The van der Waals surface area contributed by atoms with E-state index in [1.54, 1.807) is 0 Å². The summed E-state index contributed by atoms with van der Waals surface area (Å²) in [4.78, 5) is 15.2. The van der Waals surface area contributed by atoms with Crippen LogP contribution < -0.4 is 4.90 Å². The molecule has 2 aromatic rings. The molecule has 0 atom stereocenters. The average molecular weight is 400 g/mol. The van der Waals surface area contributed by atoms with Crippen LogP contribution in [0.4, 0.5) is 14.9 Å². The number of piperidine rings is 1. The lowest BCUT2D eigenvalue weighted by molar-refractivity contribution is -0.00261. The van der Waals surface area contributed by atoms with E-state index in [0.717, 1.165) is 45.3 Å². The van der Waals surface area contributed by atoms with Gasteiger partial charge in [-0.3, -0.25) is 4.90 Å². The van der Waals surface area contributed by atoms with Crippen molar-refractivity contribution in [3.05, 3.63) is 66.0 Å². The van der Waals surface area contributed by atoms with Crippen molar-refractivity contribution >= 4 is 11.8 Å². The van der Waals surface area contributed by atoms with E-state index in [1.807, 2.05) is 18.2 Å². The smallest absolute Gasteiger partial charge is 0.411 e. The van der Waals surface area contributed by atoms with Gasteiger partial charge < -0.3 is 14.7 Å². The number of nitrogens with zero attached hydrogens (tertiary/aromatic N) is 2. The number of likely N-dealkylation sites (tertiary alicyclic amines) is 1. The van der Waals surface area contributed by atoms with E-state index >= 15 is 0 Å². The molecule has 0 bridgehead atoms. The number of unbranched alkanes of at least 4 members (excludes halogenated alkanes) is 1. The van der Waals surface area contributed by atoms with Crippen LogP contribution >= 0.6 is 0 Å². The summed E-state index contributed by atoms with van der Waals surface area (Å²) in [6.07, 6.45) is 3.07. The van der Waals surface area contributed by atoms with E-state index in [-0.39, 0.29) is 5.82 Å². The lowest BCUT2D eigenvalue weighted by atomic mass is 10.1. The molecule has 1 aliphatic heterocycles. The van der Waals surface area contributed by atoms with Crippen molar-refractivity contribution in [2.24, 2.45) is 0 Å². The molecular formula is C23H29FN2O3. The Hall–Kier alpha value is -2.44. The Morgan fingerprint density at radius 2 is 1.76 bits per heavy atom. The standard InChI is InChI=1S/C23H29FN2O3/c24-20-8-10-21(11-9-20)26(23(27)28)15-5-4-14-25-16-12-22(13-17-25)29-18-19-6-2-1-3-7-19/h1-3,6-11,22H,4-5,12-18H2,(H,27,28). The van der Waals surface area contributed by atoms with Crippen LogP contribution in [0.2, 0.25) is 0 Å². The van der Waals surface area contributed by atoms with Gasteiger partial charge in [0.15, 0.2) is 0 Å². The Balaban J connectivity index is 1.33. The molecule has 1 aliphatic rings. The Morgan fingerprint density at radius 1 is 1.07 bits per heavy atom. The highest BCUT2D eigenvalue weighted by Gasteiger charge is 2.20. The minimum absolute atomic E-state index is 0.312. The van der Waals surface area contributed by atoms with Gasteiger partial charge in [0.1, 0.15) is 5.82 Å². The number of carbonyl (C=O) groups is 1. The number of ether oxygens (including phenoxy) is 1. The van der Waals surface area contributed by atoms with Gasteiger partial charge in [0.05, 0.1) is 12.7 Å². The maximum absolute atomic E-state index is 13.0. The van der Waals surface area contributed by atoms with Crippen LogP contribution in [-0.4, -0.2) is 48.4 Å². The summed E-state index contributed by atoms with van der Waals surface area (Å²) in [5.41, 5.74) is 1.72. The first-order valence-corrected chi connectivity index (χ1v) is 10.3. The molecule has 5 nitrogen and oxygen atoms in total. The Bertz CT molecular complexity index is 746. The van der Waals surface area contributed by atoms with Gasteiger partial charge in [-0.25, -0.2) is 9.18 Å². The SMILES string of the molecule is O=C(O)N(CCCCN1CCC(OCc2ccccc2)CC1)c1ccc(F)cc1. The molecule has 6 heteroatoms. The minimum atomic E-state index is -1.01. The van der Waals surface area contributed by atoms with Crippen LogP contribution in [0.3, 0.4) is 0 Å². The van der Waals surface area contributed by atoms with Gasteiger partial charge in [-0.2, -0.15) is 0 Å². The van der Waals surface area contributed by atoms with Crippen LogP contribution in [0.5, 0.6) is 0 Å². The van der Waals surface area contributed by atoms with Crippen molar-refractivity contribution in [3.63, 3.8) is 0 Å².